The smallest absolute Gasteiger partial charge is 0.255 e. The number of rotatable bonds is 6. The van der Waals surface area contributed by atoms with Gasteiger partial charge in [0.2, 0.25) is 17.7 Å². The maximum atomic E-state index is 13.1. The largest absolute Gasteiger partial charge is 0.491 e. The van der Waals surface area contributed by atoms with E-state index in [1.165, 1.54) is 0 Å². The van der Waals surface area contributed by atoms with Gasteiger partial charge in [0, 0.05) is 18.9 Å². The SMILES string of the molecule is CC[C@H](C)[C@@H]1NC(=O)C[C@@H](C(=O)NCCc2ccncc2)NC(=O)c2ccccc2OCCNC1=O. The molecule has 3 rings (SSSR count). The van der Waals surface area contributed by atoms with E-state index in [0.29, 0.717) is 25.1 Å². The number of carbonyl (C=O) groups is 4. The molecule has 0 aliphatic carbocycles. The Balaban J connectivity index is 1.80. The molecule has 1 aromatic heterocycles. The molecule has 0 saturated heterocycles. The summed E-state index contributed by atoms with van der Waals surface area (Å²) in [6.45, 7) is 4.45. The van der Waals surface area contributed by atoms with Gasteiger partial charge in [-0.25, -0.2) is 0 Å². The van der Waals surface area contributed by atoms with Crippen LogP contribution in [0.1, 0.15) is 42.6 Å². The average molecular weight is 496 g/mol. The van der Waals surface area contributed by atoms with Gasteiger partial charge in [-0.05, 0) is 42.2 Å². The summed E-state index contributed by atoms with van der Waals surface area (Å²) in [4.78, 5) is 55.8. The summed E-state index contributed by atoms with van der Waals surface area (Å²) in [5.74, 6) is -1.68. The van der Waals surface area contributed by atoms with Crippen LogP contribution in [-0.4, -0.2) is 60.4 Å². The molecule has 1 aromatic carbocycles. The van der Waals surface area contributed by atoms with Crippen LogP contribution in [0.2, 0.25) is 0 Å². The van der Waals surface area contributed by atoms with Crippen molar-refractivity contribution in [2.75, 3.05) is 19.7 Å². The quantitative estimate of drug-likeness (QED) is 0.471. The summed E-state index contributed by atoms with van der Waals surface area (Å²) >= 11 is 0. The number of hydrogen-bond donors (Lipinski definition) is 4. The van der Waals surface area contributed by atoms with Gasteiger partial charge in [0.25, 0.3) is 5.91 Å². The Hall–Kier alpha value is -3.95. The van der Waals surface area contributed by atoms with Crippen LogP contribution in [0.25, 0.3) is 0 Å². The molecule has 1 aliphatic rings. The minimum absolute atomic E-state index is 0.134. The van der Waals surface area contributed by atoms with Crippen molar-refractivity contribution in [3.8, 4) is 5.75 Å². The lowest BCUT2D eigenvalue weighted by Gasteiger charge is -2.25. The van der Waals surface area contributed by atoms with Crippen LogP contribution in [0.4, 0.5) is 0 Å². The summed E-state index contributed by atoms with van der Waals surface area (Å²) < 4.78 is 5.74. The molecule has 2 aromatic rings. The minimum atomic E-state index is -1.15. The third kappa shape index (κ3) is 7.53. The summed E-state index contributed by atoms with van der Waals surface area (Å²) in [7, 11) is 0. The van der Waals surface area contributed by atoms with Crippen LogP contribution in [0.5, 0.6) is 5.75 Å². The van der Waals surface area contributed by atoms with E-state index >= 15 is 0 Å². The number of nitrogens with zero attached hydrogens (tertiary/aromatic N) is 1. The minimum Gasteiger partial charge on any atom is -0.491 e. The number of nitrogens with one attached hydrogen (secondary N) is 4. The second-order valence-corrected chi connectivity index (χ2v) is 8.69. The van der Waals surface area contributed by atoms with E-state index in [1.807, 2.05) is 26.0 Å². The summed E-state index contributed by atoms with van der Waals surface area (Å²) in [6.07, 6.45) is 4.24. The maximum absolute atomic E-state index is 13.1. The van der Waals surface area contributed by atoms with Gasteiger partial charge in [-0.3, -0.25) is 24.2 Å². The van der Waals surface area contributed by atoms with Crippen molar-refractivity contribution in [1.29, 1.82) is 0 Å². The van der Waals surface area contributed by atoms with Gasteiger partial charge in [0.15, 0.2) is 0 Å². The fourth-order valence-corrected chi connectivity index (χ4v) is 3.79. The molecule has 0 radical (unpaired) electrons. The fourth-order valence-electron chi connectivity index (χ4n) is 3.79. The van der Waals surface area contributed by atoms with Crippen molar-refractivity contribution in [3.63, 3.8) is 0 Å². The van der Waals surface area contributed by atoms with Gasteiger partial charge >= 0.3 is 0 Å². The molecule has 36 heavy (non-hydrogen) atoms. The van der Waals surface area contributed by atoms with Crippen LogP contribution in [0.3, 0.4) is 0 Å². The standard InChI is InChI=1S/C26H33N5O5/c1-3-17(2)23-26(35)29-14-15-36-21-7-5-4-6-19(21)24(33)30-20(16-22(32)31-23)25(34)28-13-10-18-8-11-27-12-9-18/h4-9,11-12,17,20,23H,3,10,13-16H2,1-2H3,(H,28,34)(H,29,35)(H,30,33)(H,31,32)/t17-,20-,23-/m0/s1. The number of carbonyl (C=O) groups excluding carboxylic acids is 4. The first-order valence-corrected chi connectivity index (χ1v) is 12.2. The first kappa shape index (κ1) is 26.7. The van der Waals surface area contributed by atoms with E-state index < -0.39 is 29.8 Å². The molecule has 3 atom stereocenters. The molecule has 1 aliphatic heterocycles. The molecule has 10 nitrogen and oxygen atoms in total. The molecule has 0 unspecified atom stereocenters. The lowest BCUT2D eigenvalue weighted by Crippen LogP contribution is -2.54. The first-order valence-electron chi connectivity index (χ1n) is 12.2. The number of aromatic nitrogens is 1. The lowest BCUT2D eigenvalue weighted by atomic mass is 9.97. The molecule has 4 amide bonds. The molecule has 0 saturated carbocycles. The number of fused-ring (bicyclic) bond motifs is 1. The highest BCUT2D eigenvalue weighted by atomic mass is 16.5. The van der Waals surface area contributed by atoms with Gasteiger partial charge in [-0.1, -0.05) is 32.4 Å². The molecule has 0 bridgehead atoms. The Labute approximate surface area is 210 Å². The van der Waals surface area contributed by atoms with Crippen molar-refractivity contribution < 1.29 is 23.9 Å². The number of benzene rings is 1. The van der Waals surface area contributed by atoms with Gasteiger partial charge in [0.05, 0.1) is 18.5 Å². The molecule has 0 spiro atoms. The highest BCUT2D eigenvalue weighted by molar-refractivity contribution is 6.01. The summed E-state index contributed by atoms with van der Waals surface area (Å²) in [5, 5.41) is 11.0. The Bertz CT molecular complexity index is 1060. The van der Waals surface area contributed by atoms with Gasteiger partial charge in [-0.2, -0.15) is 0 Å². The monoisotopic (exact) mass is 495 g/mol. The Morgan fingerprint density at radius 2 is 1.89 bits per heavy atom. The fraction of sp³-hybridized carbons (Fsp3) is 0.423. The van der Waals surface area contributed by atoms with E-state index in [0.717, 1.165) is 5.56 Å². The number of amides is 4. The summed E-state index contributed by atoms with van der Waals surface area (Å²) in [6, 6.07) is 8.40. The Morgan fingerprint density at radius 3 is 2.64 bits per heavy atom. The Morgan fingerprint density at radius 1 is 1.14 bits per heavy atom. The van der Waals surface area contributed by atoms with Crippen molar-refractivity contribution in [1.82, 2.24) is 26.3 Å². The first-order chi connectivity index (χ1) is 17.4. The molecule has 2 heterocycles. The van der Waals surface area contributed by atoms with Crippen LogP contribution in [-0.2, 0) is 20.8 Å². The molecular formula is C26H33N5O5. The van der Waals surface area contributed by atoms with Crippen molar-refractivity contribution in [2.45, 2.75) is 45.2 Å². The van der Waals surface area contributed by atoms with E-state index in [9.17, 15) is 19.2 Å². The normalized spacial score (nSPS) is 19.9. The van der Waals surface area contributed by atoms with E-state index in [2.05, 4.69) is 26.3 Å². The third-order valence-electron chi connectivity index (χ3n) is 6.08. The van der Waals surface area contributed by atoms with Gasteiger partial charge in [-0.15, -0.1) is 0 Å². The van der Waals surface area contributed by atoms with E-state index in [1.54, 1.807) is 36.7 Å². The maximum Gasteiger partial charge on any atom is 0.255 e. The molecule has 4 N–H and O–H groups in total. The zero-order chi connectivity index (χ0) is 25.9. The molecule has 192 valence electrons. The van der Waals surface area contributed by atoms with Crippen molar-refractivity contribution >= 4 is 23.6 Å². The number of ether oxygens (including phenoxy) is 1. The zero-order valence-electron chi connectivity index (χ0n) is 20.6. The molecular weight excluding hydrogens is 462 g/mol. The predicted octanol–water partition coefficient (Wildman–Crippen LogP) is 0.969. The average Bonchev–Trinajstić information content (AvgIpc) is 2.89. The van der Waals surface area contributed by atoms with Crippen LogP contribution in [0.15, 0.2) is 48.8 Å². The van der Waals surface area contributed by atoms with Gasteiger partial charge in [0.1, 0.15) is 24.4 Å². The highest BCUT2D eigenvalue weighted by Crippen LogP contribution is 2.18. The van der Waals surface area contributed by atoms with Crippen molar-refractivity contribution in [3.05, 3.63) is 59.9 Å². The second kappa shape index (κ2) is 13.2. The second-order valence-electron chi connectivity index (χ2n) is 8.69. The number of para-hydroxylation sites is 1. The predicted molar refractivity (Wildman–Crippen MR) is 133 cm³/mol. The topological polar surface area (TPSA) is 139 Å². The lowest BCUT2D eigenvalue weighted by molar-refractivity contribution is -0.132. The Kier molecular flexibility index (Phi) is 9.79. The van der Waals surface area contributed by atoms with Crippen LogP contribution in [0, 0.1) is 5.92 Å². The summed E-state index contributed by atoms with van der Waals surface area (Å²) in [5.41, 5.74) is 1.22. The van der Waals surface area contributed by atoms with Crippen molar-refractivity contribution in [2.24, 2.45) is 5.92 Å². The molecule has 0 fully saturated rings. The van der Waals surface area contributed by atoms with Crippen LogP contribution < -0.4 is 26.0 Å². The van der Waals surface area contributed by atoms with E-state index in [4.69, 9.17) is 4.74 Å². The third-order valence-corrected chi connectivity index (χ3v) is 6.08. The molecule has 10 heteroatoms. The number of pyridine rings is 1. The zero-order valence-corrected chi connectivity index (χ0v) is 20.6. The van der Waals surface area contributed by atoms with E-state index in [-0.39, 0.29) is 37.0 Å². The number of hydrogen-bond acceptors (Lipinski definition) is 6. The van der Waals surface area contributed by atoms with Crippen LogP contribution >= 0.6 is 0 Å². The van der Waals surface area contributed by atoms with Gasteiger partial charge < -0.3 is 26.0 Å². The highest BCUT2D eigenvalue weighted by Gasteiger charge is 2.30.